The Morgan fingerprint density at radius 2 is 1.94 bits per heavy atom. The van der Waals surface area contributed by atoms with E-state index in [0.717, 1.165) is 28.4 Å². The Kier molecular flexibility index (Phi) is 5.61. The summed E-state index contributed by atoms with van der Waals surface area (Å²) in [6.07, 6.45) is 1.67. The maximum Gasteiger partial charge on any atom is 0.256 e. The van der Waals surface area contributed by atoms with E-state index in [-0.39, 0.29) is 16.9 Å². The summed E-state index contributed by atoms with van der Waals surface area (Å²) >= 11 is 3.57. The van der Waals surface area contributed by atoms with Crippen molar-refractivity contribution in [3.63, 3.8) is 0 Å². The van der Waals surface area contributed by atoms with Crippen molar-refractivity contribution >= 4 is 27.5 Å². The summed E-state index contributed by atoms with van der Waals surface area (Å²) in [5.74, 6) is -0.201. The number of hydrogen-bond donors (Lipinski definition) is 1. The first-order valence-electron chi connectivity index (χ1n) is 12.2. The van der Waals surface area contributed by atoms with Gasteiger partial charge in [-0.15, -0.1) is 0 Å². The van der Waals surface area contributed by atoms with Gasteiger partial charge in [-0.25, -0.2) is 0 Å². The third-order valence-electron chi connectivity index (χ3n) is 7.94. The molecule has 8 heteroatoms. The van der Waals surface area contributed by atoms with Gasteiger partial charge in [-0.05, 0) is 49.6 Å². The number of benzene rings is 3. The van der Waals surface area contributed by atoms with E-state index in [1.54, 1.807) is 0 Å². The number of carbonyl (C=O) groups is 1. The third-order valence-corrected chi connectivity index (χ3v) is 8.43. The molecule has 0 saturated carbocycles. The van der Waals surface area contributed by atoms with Crippen molar-refractivity contribution in [1.29, 1.82) is 0 Å². The standard InChI is InChI=1S/C28H26BrN3O4/c1-17-8-10-18(11-9-17)16-36-24-13-12-19(29)15-20(24)25-23-7-4-14-31(23)28(26(25)32(34)35)21-5-2-3-6-22(21)30-27(28)33/h2-3,5-6,8-13,15,23,25-26H,4,7,14,16H2,1H3,(H,30,33)/t23-,25+,26-,28-/m0/s1. The number of hydrogen-bond acceptors (Lipinski definition) is 5. The molecule has 184 valence electrons. The molecule has 6 rings (SSSR count). The Labute approximate surface area is 217 Å². The highest BCUT2D eigenvalue weighted by molar-refractivity contribution is 9.10. The molecule has 3 heterocycles. The number of aryl methyl sites for hydroxylation is 1. The van der Waals surface area contributed by atoms with Gasteiger partial charge in [0.1, 0.15) is 12.4 Å². The average Bonchev–Trinajstić information content (AvgIpc) is 3.52. The Bertz CT molecular complexity index is 1360. The number of nitrogens with one attached hydrogen (secondary N) is 1. The van der Waals surface area contributed by atoms with Crippen LogP contribution >= 0.6 is 15.9 Å². The second kappa shape index (κ2) is 8.71. The lowest BCUT2D eigenvalue weighted by Gasteiger charge is -2.32. The molecule has 0 bridgehead atoms. The summed E-state index contributed by atoms with van der Waals surface area (Å²) in [5, 5.41) is 15.8. The van der Waals surface area contributed by atoms with Crippen LogP contribution in [-0.2, 0) is 16.9 Å². The minimum Gasteiger partial charge on any atom is -0.489 e. The lowest BCUT2D eigenvalue weighted by Crippen LogP contribution is -2.55. The fourth-order valence-electron chi connectivity index (χ4n) is 6.50. The highest BCUT2D eigenvalue weighted by atomic mass is 79.9. The van der Waals surface area contributed by atoms with Crippen molar-refractivity contribution in [1.82, 2.24) is 4.90 Å². The largest absolute Gasteiger partial charge is 0.489 e. The Hall–Kier alpha value is -3.23. The first-order valence-corrected chi connectivity index (χ1v) is 13.0. The van der Waals surface area contributed by atoms with Crippen LogP contribution in [0.5, 0.6) is 5.75 Å². The van der Waals surface area contributed by atoms with E-state index in [4.69, 9.17) is 4.74 Å². The minimum atomic E-state index is -1.34. The average molecular weight is 548 g/mol. The zero-order chi connectivity index (χ0) is 25.0. The lowest BCUT2D eigenvalue weighted by atomic mass is 9.77. The smallest absolute Gasteiger partial charge is 0.256 e. The number of para-hydroxylation sites is 1. The molecular weight excluding hydrogens is 522 g/mol. The van der Waals surface area contributed by atoms with E-state index in [2.05, 4.69) is 26.1 Å². The van der Waals surface area contributed by atoms with Crippen LogP contribution < -0.4 is 10.1 Å². The van der Waals surface area contributed by atoms with Gasteiger partial charge in [0.25, 0.3) is 11.9 Å². The number of nitrogens with zero attached hydrogens (tertiary/aromatic N) is 2. The van der Waals surface area contributed by atoms with Crippen LogP contribution in [0.4, 0.5) is 5.69 Å². The third kappa shape index (κ3) is 3.38. The normalized spacial score (nSPS) is 26.6. The van der Waals surface area contributed by atoms with Gasteiger partial charge >= 0.3 is 0 Å². The number of carbonyl (C=O) groups excluding carboxylic acids is 1. The Morgan fingerprint density at radius 3 is 2.72 bits per heavy atom. The first-order chi connectivity index (χ1) is 17.4. The van der Waals surface area contributed by atoms with Crippen LogP contribution in [-0.4, -0.2) is 34.4 Å². The van der Waals surface area contributed by atoms with Crippen LogP contribution in [0, 0.1) is 17.0 Å². The lowest BCUT2D eigenvalue weighted by molar-refractivity contribution is -0.534. The van der Waals surface area contributed by atoms with Crippen LogP contribution in [0.1, 0.15) is 41.0 Å². The SMILES string of the molecule is Cc1ccc(COc2ccc(Br)cc2[C@H]2[C@H]([N+](=O)[O-])[C@@]3(C(=O)Nc4ccccc43)N3CCC[C@@H]23)cc1. The molecular formula is C28H26BrN3O4. The molecule has 0 unspecified atom stereocenters. The number of halogens is 1. The van der Waals surface area contributed by atoms with E-state index in [0.29, 0.717) is 30.2 Å². The highest BCUT2D eigenvalue weighted by Crippen LogP contribution is 2.59. The van der Waals surface area contributed by atoms with Gasteiger partial charge in [0, 0.05) is 38.8 Å². The predicted molar refractivity (Wildman–Crippen MR) is 140 cm³/mol. The Balaban J connectivity index is 1.47. The minimum absolute atomic E-state index is 0.145. The molecule has 3 aromatic carbocycles. The van der Waals surface area contributed by atoms with E-state index in [1.165, 1.54) is 5.56 Å². The van der Waals surface area contributed by atoms with Crippen molar-refractivity contribution in [3.05, 3.63) is 104 Å². The second-order valence-corrected chi connectivity index (χ2v) is 10.8. The first kappa shape index (κ1) is 23.2. The van der Waals surface area contributed by atoms with Crippen molar-refractivity contribution in [3.8, 4) is 5.75 Å². The summed E-state index contributed by atoms with van der Waals surface area (Å²) in [7, 11) is 0. The van der Waals surface area contributed by atoms with Crippen LogP contribution in [0.15, 0.2) is 71.2 Å². The molecule has 1 spiro atoms. The zero-order valence-electron chi connectivity index (χ0n) is 19.8. The summed E-state index contributed by atoms with van der Waals surface area (Å²) in [4.78, 5) is 28.4. The number of fused-ring (bicyclic) bond motifs is 4. The summed E-state index contributed by atoms with van der Waals surface area (Å²) in [6.45, 7) is 3.03. The molecule has 1 amide bonds. The Morgan fingerprint density at radius 1 is 1.17 bits per heavy atom. The van der Waals surface area contributed by atoms with Gasteiger partial charge in [0.2, 0.25) is 0 Å². The number of nitro groups is 1. The fraction of sp³-hybridized carbons (Fsp3) is 0.321. The number of anilines is 1. The molecule has 3 aromatic rings. The topological polar surface area (TPSA) is 84.7 Å². The molecule has 4 atom stereocenters. The molecule has 0 aromatic heterocycles. The molecule has 0 aliphatic carbocycles. The maximum absolute atomic E-state index is 13.7. The number of amides is 1. The molecule has 3 aliphatic rings. The van der Waals surface area contributed by atoms with E-state index < -0.39 is 17.5 Å². The van der Waals surface area contributed by atoms with Crippen molar-refractivity contribution in [2.75, 3.05) is 11.9 Å². The van der Waals surface area contributed by atoms with Gasteiger partial charge in [0.05, 0.1) is 5.92 Å². The summed E-state index contributed by atoms with van der Waals surface area (Å²) in [5.41, 5.74) is 2.97. The molecule has 0 radical (unpaired) electrons. The summed E-state index contributed by atoms with van der Waals surface area (Å²) in [6, 6.07) is 19.9. The van der Waals surface area contributed by atoms with E-state index in [9.17, 15) is 14.9 Å². The summed E-state index contributed by atoms with van der Waals surface area (Å²) < 4.78 is 7.12. The molecule has 2 saturated heterocycles. The fourth-order valence-corrected chi connectivity index (χ4v) is 6.88. The van der Waals surface area contributed by atoms with Crippen molar-refractivity contribution < 1.29 is 14.5 Å². The van der Waals surface area contributed by atoms with Gasteiger partial charge < -0.3 is 10.1 Å². The highest BCUT2D eigenvalue weighted by Gasteiger charge is 2.73. The molecule has 2 fully saturated rings. The maximum atomic E-state index is 13.7. The second-order valence-electron chi connectivity index (χ2n) is 9.88. The van der Waals surface area contributed by atoms with Crippen LogP contribution in [0.25, 0.3) is 0 Å². The van der Waals surface area contributed by atoms with Crippen LogP contribution in [0.3, 0.4) is 0 Å². The van der Waals surface area contributed by atoms with Gasteiger partial charge in [-0.1, -0.05) is 64.0 Å². The van der Waals surface area contributed by atoms with Crippen molar-refractivity contribution in [2.45, 2.75) is 49.9 Å². The quantitative estimate of drug-likeness (QED) is 0.342. The predicted octanol–water partition coefficient (Wildman–Crippen LogP) is 5.39. The van der Waals surface area contributed by atoms with E-state index in [1.807, 2.05) is 73.7 Å². The number of ether oxygens (including phenoxy) is 1. The zero-order valence-corrected chi connectivity index (χ0v) is 21.4. The molecule has 7 nitrogen and oxygen atoms in total. The number of rotatable bonds is 5. The van der Waals surface area contributed by atoms with Gasteiger partial charge in [0.15, 0.2) is 5.54 Å². The van der Waals surface area contributed by atoms with E-state index >= 15 is 0 Å². The van der Waals surface area contributed by atoms with Gasteiger partial charge in [-0.2, -0.15) is 0 Å². The molecule has 1 N–H and O–H groups in total. The monoisotopic (exact) mass is 547 g/mol. The molecule has 3 aliphatic heterocycles. The van der Waals surface area contributed by atoms with Crippen molar-refractivity contribution in [2.24, 2.45) is 0 Å². The van der Waals surface area contributed by atoms with Gasteiger partial charge in [-0.3, -0.25) is 19.8 Å². The molecule has 36 heavy (non-hydrogen) atoms. The van der Waals surface area contributed by atoms with Crippen LogP contribution in [0.2, 0.25) is 0 Å².